The summed E-state index contributed by atoms with van der Waals surface area (Å²) in [6.45, 7) is 5.79. The number of nitrogens with one attached hydrogen (secondary N) is 1. The van der Waals surface area contributed by atoms with Gasteiger partial charge in [0.1, 0.15) is 11.5 Å². The van der Waals surface area contributed by atoms with Gasteiger partial charge in [-0.25, -0.2) is 0 Å². The van der Waals surface area contributed by atoms with E-state index in [9.17, 15) is 0 Å². The predicted molar refractivity (Wildman–Crippen MR) is 115 cm³/mol. The molecule has 0 saturated carbocycles. The number of aromatic nitrogens is 1. The Labute approximate surface area is 171 Å². The van der Waals surface area contributed by atoms with E-state index in [0.29, 0.717) is 0 Å². The van der Waals surface area contributed by atoms with Gasteiger partial charge in [-0.15, -0.1) is 11.3 Å². The van der Waals surface area contributed by atoms with Crippen LogP contribution in [-0.2, 0) is 6.54 Å². The van der Waals surface area contributed by atoms with Crippen LogP contribution in [0.25, 0.3) is 0 Å². The fourth-order valence-corrected chi connectivity index (χ4v) is 4.04. The molecule has 1 atom stereocenters. The van der Waals surface area contributed by atoms with Gasteiger partial charge >= 0.3 is 0 Å². The van der Waals surface area contributed by atoms with Crippen molar-refractivity contribution in [3.05, 3.63) is 76.2 Å². The molecule has 4 nitrogen and oxygen atoms in total. The highest BCUT2D eigenvalue weighted by molar-refractivity contribution is 7.10. The quantitative estimate of drug-likeness (QED) is 0.475. The van der Waals surface area contributed by atoms with E-state index in [2.05, 4.69) is 39.9 Å². The molecule has 3 rings (SSSR count). The van der Waals surface area contributed by atoms with Crippen molar-refractivity contribution in [2.75, 3.05) is 13.7 Å². The number of rotatable bonds is 10. The molecule has 0 aliphatic carbocycles. The van der Waals surface area contributed by atoms with Crippen molar-refractivity contribution in [2.24, 2.45) is 0 Å². The lowest BCUT2D eigenvalue weighted by Gasteiger charge is -2.19. The molecule has 0 fully saturated rings. The second-order valence-electron chi connectivity index (χ2n) is 6.92. The molecule has 0 radical (unpaired) electrons. The SMILES string of the molecule is COc1ccsc1CNCCC(c1cccc(OC(C)C)c1)c1ccccn1. The summed E-state index contributed by atoms with van der Waals surface area (Å²) >= 11 is 1.72. The van der Waals surface area contributed by atoms with Crippen LogP contribution in [0.15, 0.2) is 60.1 Å². The molecular weight excluding hydrogens is 368 g/mol. The van der Waals surface area contributed by atoms with Gasteiger partial charge in [-0.05, 0) is 68.1 Å². The molecule has 0 bridgehead atoms. The third-order valence-electron chi connectivity index (χ3n) is 4.50. The average molecular weight is 397 g/mol. The number of methoxy groups -OCH3 is 1. The molecule has 5 heteroatoms. The van der Waals surface area contributed by atoms with Gasteiger partial charge in [0.25, 0.3) is 0 Å². The smallest absolute Gasteiger partial charge is 0.134 e. The lowest BCUT2D eigenvalue weighted by molar-refractivity contribution is 0.242. The van der Waals surface area contributed by atoms with E-state index in [1.807, 2.05) is 44.3 Å². The maximum atomic E-state index is 5.89. The van der Waals surface area contributed by atoms with Gasteiger partial charge in [0.2, 0.25) is 0 Å². The fourth-order valence-electron chi connectivity index (χ4n) is 3.23. The molecule has 0 aliphatic rings. The number of hydrogen-bond donors (Lipinski definition) is 1. The highest BCUT2D eigenvalue weighted by Crippen LogP contribution is 2.29. The van der Waals surface area contributed by atoms with Crippen LogP contribution in [0.2, 0.25) is 0 Å². The highest BCUT2D eigenvalue weighted by Gasteiger charge is 2.16. The molecule has 1 aromatic carbocycles. The Balaban J connectivity index is 1.70. The first-order valence-corrected chi connectivity index (χ1v) is 10.5. The van der Waals surface area contributed by atoms with E-state index in [0.717, 1.165) is 36.7 Å². The molecule has 0 spiro atoms. The Hall–Kier alpha value is -2.37. The average Bonchev–Trinajstić information content (AvgIpc) is 3.16. The first kappa shape index (κ1) is 20.4. The molecule has 0 aliphatic heterocycles. The van der Waals surface area contributed by atoms with E-state index >= 15 is 0 Å². The maximum absolute atomic E-state index is 5.89. The summed E-state index contributed by atoms with van der Waals surface area (Å²) in [4.78, 5) is 5.84. The molecule has 2 heterocycles. The van der Waals surface area contributed by atoms with Crippen molar-refractivity contribution in [1.29, 1.82) is 0 Å². The lowest BCUT2D eigenvalue weighted by atomic mass is 9.91. The molecule has 2 aromatic heterocycles. The largest absolute Gasteiger partial charge is 0.496 e. The van der Waals surface area contributed by atoms with E-state index in [1.165, 1.54) is 10.4 Å². The molecular formula is C23H28N2O2S. The van der Waals surface area contributed by atoms with E-state index in [1.54, 1.807) is 18.4 Å². The highest BCUT2D eigenvalue weighted by atomic mass is 32.1. The van der Waals surface area contributed by atoms with E-state index < -0.39 is 0 Å². The number of nitrogens with zero attached hydrogens (tertiary/aromatic N) is 1. The number of benzene rings is 1. The fraction of sp³-hybridized carbons (Fsp3) is 0.348. The van der Waals surface area contributed by atoms with Crippen LogP contribution >= 0.6 is 11.3 Å². The second-order valence-corrected chi connectivity index (χ2v) is 7.92. The minimum Gasteiger partial charge on any atom is -0.496 e. The van der Waals surface area contributed by atoms with Gasteiger partial charge in [-0.3, -0.25) is 4.98 Å². The molecule has 148 valence electrons. The Bertz CT molecular complexity index is 849. The van der Waals surface area contributed by atoms with E-state index in [4.69, 9.17) is 9.47 Å². The second kappa shape index (κ2) is 10.2. The van der Waals surface area contributed by atoms with Gasteiger partial charge in [-0.1, -0.05) is 18.2 Å². The first-order valence-electron chi connectivity index (χ1n) is 9.66. The molecule has 0 saturated heterocycles. The predicted octanol–water partition coefficient (Wildman–Crippen LogP) is 5.25. The molecule has 0 amide bonds. The van der Waals surface area contributed by atoms with Gasteiger partial charge in [0.05, 0.1) is 18.1 Å². The van der Waals surface area contributed by atoms with Crippen LogP contribution < -0.4 is 14.8 Å². The van der Waals surface area contributed by atoms with Gasteiger partial charge in [0, 0.05) is 24.4 Å². The van der Waals surface area contributed by atoms with Crippen molar-refractivity contribution in [1.82, 2.24) is 10.3 Å². The van der Waals surface area contributed by atoms with Crippen molar-refractivity contribution >= 4 is 11.3 Å². The number of ether oxygens (including phenoxy) is 2. The van der Waals surface area contributed by atoms with Crippen molar-refractivity contribution < 1.29 is 9.47 Å². The zero-order valence-electron chi connectivity index (χ0n) is 16.7. The Morgan fingerprint density at radius 3 is 2.75 bits per heavy atom. The van der Waals surface area contributed by atoms with Crippen molar-refractivity contribution in [2.45, 2.75) is 38.8 Å². The maximum Gasteiger partial charge on any atom is 0.134 e. The normalized spacial score (nSPS) is 12.1. The number of hydrogen-bond acceptors (Lipinski definition) is 5. The van der Waals surface area contributed by atoms with Crippen LogP contribution in [-0.4, -0.2) is 24.7 Å². The monoisotopic (exact) mass is 396 g/mol. The van der Waals surface area contributed by atoms with Gasteiger partial charge < -0.3 is 14.8 Å². The third-order valence-corrected chi connectivity index (χ3v) is 5.40. The van der Waals surface area contributed by atoms with Crippen LogP contribution in [0.4, 0.5) is 0 Å². The topological polar surface area (TPSA) is 43.4 Å². The summed E-state index contributed by atoms with van der Waals surface area (Å²) in [6, 6.07) is 16.5. The summed E-state index contributed by atoms with van der Waals surface area (Å²) < 4.78 is 11.3. The summed E-state index contributed by atoms with van der Waals surface area (Å²) in [6.07, 6.45) is 2.97. The van der Waals surface area contributed by atoms with Crippen LogP contribution in [0.1, 0.15) is 42.3 Å². The first-order chi connectivity index (χ1) is 13.7. The Morgan fingerprint density at radius 2 is 2.00 bits per heavy atom. The summed E-state index contributed by atoms with van der Waals surface area (Å²) in [5, 5.41) is 5.61. The van der Waals surface area contributed by atoms with E-state index in [-0.39, 0.29) is 12.0 Å². The van der Waals surface area contributed by atoms with Crippen molar-refractivity contribution in [3.63, 3.8) is 0 Å². The minimum atomic E-state index is 0.158. The molecule has 28 heavy (non-hydrogen) atoms. The summed E-state index contributed by atoms with van der Waals surface area (Å²) in [7, 11) is 1.72. The standard InChI is InChI=1S/C23H28N2O2S/c1-17(2)27-19-8-6-7-18(15-19)20(21-9-4-5-12-25-21)10-13-24-16-23-22(26-3)11-14-28-23/h4-9,11-12,14-15,17,20,24H,10,13,16H2,1-3H3. The summed E-state index contributed by atoms with van der Waals surface area (Å²) in [5.41, 5.74) is 2.31. The minimum absolute atomic E-state index is 0.158. The van der Waals surface area contributed by atoms with Crippen molar-refractivity contribution in [3.8, 4) is 11.5 Å². The van der Waals surface area contributed by atoms with Gasteiger partial charge in [0.15, 0.2) is 0 Å². The van der Waals surface area contributed by atoms with Crippen LogP contribution in [0, 0.1) is 0 Å². The molecule has 1 N–H and O–H groups in total. The number of thiophene rings is 1. The third kappa shape index (κ3) is 5.57. The summed E-state index contributed by atoms with van der Waals surface area (Å²) in [5.74, 6) is 2.08. The lowest BCUT2D eigenvalue weighted by Crippen LogP contribution is -2.18. The number of pyridine rings is 1. The zero-order chi connectivity index (χ0) is 19.8. The van der Waals surface area contributed by atoms with Crippen LogP contribution in [0.3, 0.4) is 0 Å². The molecule has 3 aromatic rings. The Morgan fingerprint density at radius 1 is 1.11 bits per heavy atom. The Kier molecular flexibility index (Phi) is 7.46. The molecule has 1 unspecified atom stereocenters. The zero-order valence-corrected chi connectivity index (χ0v) is 17.5. The van der Waals surface area contributed by atoms with Crippen LogP contribution in [0.5, 0.6) is 11.5 Å². The van der Waals surface area contributed by atoms with Gasteiger partial charge in [-0.2, -0.15) is 0 Å².